The highest BCUT2D eigenvalue weighted by atomic mass is 79.9. The molecule has 4 rings (SSSR count). The molecule has 2 aromatic carbocycles. The van der Waals surface area contributed by atoms with Gasteiger partial charge < -0.3 is 10.5 Å². The van der Waals surface area contributed by atoms with Crippen molar-refractivity contribution in [2.45, 2.75) is 6.17 Å². The first kappa shape index (κ1) is 14.1. The predicted octanol–water partition coefficient (Wildman–Crippen LogP) is 3.09. The number of halogens is 1. The molecule has 1 unspecified atom stereocenters. The Kier molecular flexibility index (Phi) is 3.23. The Balaban J connectivity index is 1.99. The number of aliphatic imine (C=N–C) groups is 1. The summed E-state index contributed by atoms with van der Waals surface area (Å²) in [6.45, 7) is 0. The van der Waals surface area contributed by atoms with Gasteiger partial charge in [0.15, 0.2) is 12.1 Å². The Morgan fingerprint density at radius 3 is 2.91 bits per heavy atom. The molecule has 0 amide bonds. The molecule has 0 bridgehead atoms. The van der Waals surface area contributed by atoms with Crippen molar-refractivity contribution >= 4 is 38.9 Å². The van der Waals surface area contributed by atoms with Gasteiger partial charge in [-0.05, 0) is 30.3 Å². The lowest BCUT2D eigenvalue weighted by molar-refractivity contribution is 0.402. The lowest BCUT2D eigenvalue weighted by atomic mass is 10.1. The zero-order valence-electron chi connectivity index (χ0n) is 12.3. The molecule has 6 nitrogen and oxygen atoms in total. The summed E-state index contributed by atoms with van der Waals surface area (Å²) >= 11 is 3.51. The molecule has 0 saturated carbocycles. The summed E-state index contributed by atoms with van der Waals surface area (Å²) in [4.78, 5) is 9.17. The van der Waals surface area contributed by atoms with E-state index in [9.17, 15) is 0 Å². The van der Waals surface area contributed by atoms with Crippen molar-refractivity contribution in [1.82, 2.24) is 9.55 Å². The Hall–Kier alpha value is -2.54. The summed E-state index contributed by atoms with van der Waals surface area (Å²) in [7, 11) is 1.65. The van der Waals surface area contributed by atoms with E-state index in [2.05, 4.69) is 31.2 Å². The van der Waals surface area contributed by atoms with Crippen molar-refractivity contribution < 1.29 is 4.74 Å². The third-order valence-electron chi connectivity index (χ3n) is 3.81. The third-order valence-corrected chi connectivity index (χ3v) is 4.30. The smallest absolute Gasteiger partial charge is 0.212 e. The van der Waals surface area contributed by atoms with E-state index in [0.29, 0.717) is 11.9 Å². The number of guanidine groups is 1. The van der Waals surface area contributed by atoms with E-state index in [0.717, 1.165) is 26.8 Å². The highest BCUT2D eigenvalue weighted by Crippen LogP contribution is 2.37. The number of hydrogen-bond donors (Lipinski definition) is 2. The second kappa shape index (κ2) is 5.27. The number of nitrogens with zero attached hydrogens (tertiary/aromatic N) is 3. The van der Waals surface area contributed by atoms with Crippen LogP contribution in [0.3, 0.4) is 0 Å². The van der Waals surface area contributed by atoms with Crippen molar-refractivity contribution in [3.63, 3.8) is 0 Å². The molecule has 1 atom stereocenters. The van der Waals surface area contributed by atoms with E-state index >= 15 is 0 Å². The van der Waals surface area contributed by atoms with Gasteiger partial charge in [-0.3, -0.25) is 9.88 Å². The van der Waals surface area contributed by atoms with Crippen molar-refractivity contribution in [3.05, 3.63) is 52.5 Å². The largest absolute Gasteiger partial charge is 0.496 e. The lowest BCUT2D eigenvalue weighted by Gasteiger charge is -2.25. The first-order chi connectivity index (χ1) is 11.2. The number of anilines is 1. The van der Waals surface area contributed by atoms with E-state index in [-0.39, 0.29) is 6.17 Å². The van der Waals surface area contributed by atoms with Gasteiger partial charge in [-0.25, -0.2) is 9.98 Å². The monoisotopic (exact) mass is 371 g/mol. The predicted molar refractivity (Wildman–Crippen MR) is 93.8 cm³/mol. The average molecular weight is 372 g/mol. The van der Waals surface area contributed by atoms with E-state index in [1.165, 1.54) is 0 Å². The number of nitrogens with one attached hydrogen (secondary N) is 1. The molecule has 0 fully saturated rings. The number of methoxy groups -OCH3 is 1. The molecule has 3 N–H and O–H groups in total. The van der Waals surface area contributed by atoms with Crippen LogP contribution in [0, 0.1) is 0 Å². The minimum Gasteiger partial charge on any atom is -0.496 e. The van der Waals surface area contributed by atoms with Gasteiger partial charge in [-0.2, -0.15) is 0 Å². The van der Waals surface area contributed by atoms with E-state index in [1.54, 1.807) is 7.11 Å². The van der Waals surface area contributed by atoms with E-state index < -0.39 is 0 Å². The zero-order valence-corrected chi connectivity index (χ0v) is 13.9. The highest BCUT2D eigenvalue weighted by molar-refractivity contribution is 9.10. The first-order valence-corrected chi connectivity index (χ1v) is 7.87. The molecule has 7 heteroatoms. The maximum Gasteiger partial charge on any atom is 0.212 e. The minimum absolute atomic E-state index is 0.333. The fourth-order valence-electron chi connectivity index (χ4n) is 2.83. The fourth-order valence-corrected chi connectivity index (χ4v) is 3.21. The van der Waals surface area contributed by atoms with Crippen molar-refractivity contribution in [2.24, 2.45) is 10.7 Å². The number of benzene rings is 2. The van der Waals surface area contributed by atoms with E-state index in [1.807, 2.05) is 47.0 Å². The van der Waals surface area contributed by atoms with Crippen LogP contribution >= 0.6 is 15.9 Å². The number of imidazole rings is 1. The standard InChI is InChI=1S/C16H14BrN5O/c1-23-13-7-6-9(17)8-10(13)14-20-15(18)21-16-19-11-4-2-3-5-12(11)22(14)16/h2-8,14H,1H3,(H3,18,19,20,21). The molecule has 1 aliphatic rings. The normalized spacial score (nSPS) is 16.6. The van der Waals surface area contributed by atoms with Crippen molar-refractivity contribution in [3.8, 4) is 5.75 Å². The van der Waals surface area contributed by atoms with Crippen LogP contribution in [0.4, 0.5) is 5.95 Å². The van der Waals surface area contributed by atoms with Crippen LogP contribution in [0.5, 0.6) is 5.75 Å². The van der Waals surface area contributed by atoms with Gasteiger partial charge in [0.25, 0.3) is 0 Å². The zero-order chi connectivity index (χ0) is 16.0. The summed E-state index contributed by atoms with van der Waals surface area (Å²) in [6.07, 6.45) is -0.342. The number of para-hydroxylation sites is 2. The number of rotatable bonds is 2. The van der Waals surface area contributed by atoms with Gasteiger partial charge in [0.1, 0.15) is 5.75 Å². The summed E-state index contributed by atoms with van der Waals surface area (Å²) < 4.78 is 8.48. The molecule has 0 spiro atoms. The first-order valence-electron chi connectivity index (χ1n) is 7.08. The Bertz CT molecular complexity index is 933. The topological polar surface area (TPSA) is 77.5 Å². The SMILES string of the molecule is COc1ccc(Br)cc1C1N=C(N)Nc2nc3ccccc3n21. The van der Waals surface area contributed by atoms with Gasteiger partial charge in [0, 0.05) is 10.0 Å². The van der Waals surface area contributed by atoms with Crippen LogP contribution < -0.4 is 15.8 Å². The Morgan fingerprint density at radius 1 is 1.26 bits per heavy atom. The van der Waals surface area contributed by atoms with Gasteiger partial charge in [0.05, 0.1) is 18.1 Å². The van der Waals surface area contributed by atoms with Gasteiger partial charge >= 0.3 is 0 Å². The number of aromatic nitrogens is 2. The van der Waals surface area contributed by atoms with Crippen LogP contribution in [0.2, 0.25) is 0 Å². The van der Waals surface area contributed by atoms with Crippen LogP contribution in [-0.4, -0.2) is 22.6 Å². The van der Waals surface area contributed by atoms with Gasteiger partial charge in [0.2, 0.25) is 5.95 Å². The number of fused-ring (bicyclic) bond motifs is 3. The lowest BCUT2D eigenvalue weighted by Crippen LogP contribution is -2.31. The molecular formula is C16H14BrN5O. The van der Waals surface area contributed by atoms with Gasteiger partial charge in [-0.1, -0.05) is 28.1 Å². The molecule has 1 aliphatic heterocycles. The average Bonchev–Trinajstić information content (AvgIpc) is 2.92. The number of ether oxygens (including phenoxy) is 1. The summed E-state index contributed by atoms with van der Waals surface area (Å²) in [6, 6.07) is 13.8. The maximum atomic E-state index is 5.96. The molecule has 2 heterocycles. The van der Waals surface area contributed by atoms with Crippen LogP contribution in [0.1, 0.15) is 11.7 Å². The van der Waals surface area contributed by atoms with E-state index in [4.69, 9.17) is 10.5 Å². The Morgan fingerprint density at radius 2 is 2.09 bits per heavy atom. The van der Waals surface area contributed by atoms with Crippen molar-refractivity contribution in [1.29, 1.82) is 0 Å². The summed E-state index contributed by atoms with van der Waals surface area (Å²) in [5, 5.41) is 3.03. The fraction of sp³-hybridized carbons (Fsp3) is 0.125. The Labute approximate surface area is 141 Å². The summed E-state index contributed by atoms with van der Waals surface area (Å²) in [5.41, 5.74) is 8.75. The molecule has 0 aliphatic carbocycles. The maximum absolute atomic E-state index is 5.96. The minimum atomic E-state index is -0.342. The quantitative estimate of drug-likeness (QED) is 0.725. The van der Waals surface area contributed by atoms with Crippen LogP contribution in [-0.2, 0) is 0 Å². The molecule has 0 saturated heterocycles. The third kappa shape index (κ3) is 2.24. The number of hydrogen-bond acceptors (Lipinski definition) is 5. The highest BCUT2D eigenvalue weighted by Gasteiger charge is 2.27. The molecule has 3 aromatic rings. The molecule has 0 radical (unpaired) electrons. The molecule has 1 aromatic heterocycles. The summed E-state index contributed by atoms with van der Waals surface area (Å²) in [5.74, 6) is 1.76. The second-order valence-electron chi connectivity index (χ2n) is 5.19. The molecular weight excluding hydrogens is 358 g/mol. The number of nitrogens with two attached hydrogens (primary N) is 1. The van der Waals surface area contributed by atoms with Crippen LogP contribution in [0.15, 0.2) is 51.9 Å². The molecule has 23 heavy (non-hydrogen) atoms. The van der Waals surface area contributed by atoms with Crippen molar-refractivity contribution in [2.75, 3.05) is 12.4 Å². The van der Waals surface area contributed by atoms with Gasteiger partial charge in [-0.15, -0.1) is 0 Å². The second-order valence-corrected chi connectivity index (χ2v) is 6.11. The molecule has 116 valence electrons. The van der Waals surface area contributed by atoms with Crippen LogP contribution in [0.25, 0.3) is 11.0 Å².